The third-order valence-corrected chi connectivity index (χ3v) is 4.43. The van der Waals surface area contributed by atoms with Gasteiger partial charge in [0.2, 0.25) is 5.91 Å². The van der Waals surface area contributed by atoms with E-state index >= 15 is 0 Å². The normalized spacial score (nSPS) is 10.8. The molecule has 2 heterocycles. The molecular formula is C19H23N5O. The maximum Gasteiger partial charge on any atom is 0.224 e. The number of nitrogens with zero attached hydrogens (tertiary/aromatic N) is 4. The predicted molar refractivity (Wildman–Crippen MR) is 96.0 cm³/mol. The van der Waals surface area contributed by atoms with Gasteiger partial charge in [-0.2, -0.15) is 5.10 Å². The fraction of sp³-hybridized carbons (Fsp3) is 0.316. The lowest BCUT2D eigenvalue weighted by Gasteiger charge is -2.08. The van der Waals surface area contributed by atoms with Gasteiger partial charge in [-0.25, -0.2) is 4.98 Å². The Balaban J connectivity index is 1.53. The number of nitrogens with one attached hydrogen (secondary N) is 1. The zero-order valence-corrected chi connectivity index (χ0v) is 14.9. The van der Waals surface area contributed by atoms with Crippen molar-refractivity contribution in [2.75, 3.05) is 0 Å². The third kappa shape index (κ3) is 4.15. The number of amides is 1. The van der Waals surface area contributed by atoms with Gasteiger partial charge in [-0.1, -0.05) is 24.3 Å². The first-order valence-electron chi connectivity index (χ1n) is 8.32. The molecule has 6 heteroatoms. The van der Waals surface area contributed by atoms with Crippen LogP contribution in [0.3, 0.4) is 0 Å². The van der Waals surface area contributed by atoms with Crippen LogP contribution in [0.1, 0.15) is 28.1 Å². The standard InChI is InChI=1S/C19H23N5O/c1-14-18(15(2)23(3)22-14)10-19(25)21-11-16-4-6-17(7-5-16)12-24-9-8-20-13-24/h4-9,13H,10-12H2,1-3H3,(H,21,25). The Morgan fingerprint density at radius 3 is 2.48 bits per heavy atom. The van der Waals surface area contributed by atoms with Gasteiger partial charge < -0.3 is 9.88 Å². The molecule has 1 N–H and O–H groups in total. The fourth-order valence-corrected chi connectivity index (χ4v) is 2.85. The summed E-state index contributed by atoms with van der Waals surface area (Å²) in [6, 6.07) is 8.26. The minimum absolute atomic E-state index is 0.0155. The molecule has 2 aromatic heterocycles. The first-order valence-corrected chi connectivity index (χ1v) is 8.32. The molecule has 130 valence electrons. The highest BCUT2D eigenvalue weighted by molar-refractivity contribution is 5.79. The van der Waals surface area contributed by atoms with Crippen LogP contribution in [0.4, 0.5) is 0 Å². The summed E-state index contributed by atoms with van der Waals surface area (Å²) in [6.07, 6.45) is 5.88. The van der Waals surface area contributed by atoms with Gasteiger partial charge in [0.15, 0.2) is 0 Å². The van der Waals surface area contributed by atoms with Gasteiger partial charge in [-0.15, -0.1) is 0 Å². The van der Waals surface area contributed by atoms with E-state index in [1.807, 2.05) is 48.5 Å². The van der Waals surface area contributed by atoms with Crippen LogP contribution in [0, 0.1) is 13.8 Å². The first kappa shape index (κ1) is 17.0. The highest BCUT2D eigenvalue weighted by Gasteiger charge is 2.13. The average Bonchev–Trinajstić information content (AvgIpc) is 3.18. The molecule has 0 bridgehead atoms. The lowest BCUT2D eigenvalue weighted by atomic mass is 10.1. The maximum atomic E-state index is 12.2. The third-order valence-electron chi connectivity index (χ3n) is 4.43. The number of carbonyl (C=O) groups excluding carboxylic acids is 1. The van der Waals surface area contributed by atoms with Crippen LogP contribution in [-0.2, 0) is 31.4 Å². The largest absolute Gasteiger partial charge is 0.352 e. The van der Waals surface area contributed by atoms with Crippen molar-refractivity contribution in [1.82, 2.24) is 24.6 Å². The Labute approximate surface area is 147 Å². The van der Waals surface area contributed by atoms with Crippen LogP contribution in [0.2, 0.25) is 0 Å². The second-order valence-corrected chi connectivity index (χ2v) is 6.28. The van der Waals surface area contributed by atoms with Crippen LogP contribution < -0.4 is 5.32 Å². The van der Waals surface area contributed by atoms with Gasteiger partial charge in [0.1, 0.15) is 0 Å². The number of aryl methyl sites for hydroxylation is 2. The molecule has 1 aromatic carbocycles. The minimum atomic E-state index is 0.0155. The second kappa shape index (κ2) is 7.34. The number of hydrogen-bond donors (Lipinski definition) is 1. The quantitative estimate of drug-likeness (QED) is 0.749. The SMILES string of the molecule is Cc1nn(C)c(C)c1CC(=O)NCc1ccc(Cn2ccnc2)cc1. The zero-order chi connectivity index (χ0) is 17.8. The Hall–Kier alpha value is -2.89. The van der Waals surface area contributed by atoms with Crippen molar-refractivity contribution in [2.24, 2.45) is 7.05 Å². The van der Waals surface area contributed by atoms with E-state index in [0.717, 1.165) is 29.1 Å². The number of benzene rings is 1. The van der Waals surface area contributed by atoms with Crippen molar-refractivity contribution in [3.05, 3.63) is 71.1 Å². The molecule has 0 spiro atoms. The van der Waals surface area contributed by atoms with Crippen LogP contribution in [0.5, 0.6) is 0 Å². The molecule has 0 aliphatic heterocycles. The van der Waals surface area contributed by atoms with Crippen molar-refractivity contribution in [2.45, 2.75) is 33.4 Å². The summed E-state index contributed by atoms with van der Waals surface area (Å²) in [4.78, 5) is 16.3. The highest BCUT2D eigenvalue weighted by atomic mass is 16.1. The number of hydrogen-bond acceptors (Lipinski definition) is 3. The van der Waals surface area contributed by atoms with Gasteiger partial charge in [-0.3, -0.25) is 9.48 Å². The molecule has 0 unspecified atom stereocenters. The number of imidazole rings is 1. The summed E-state index contributed by atoms with van der Waals surface area (Å²) in [7, 11) is 1.90. The lowest BCUT2D eigenvalue weighted by molar-refractivity contribution is -0.120. The van der Waals surface area contributed by atoms with Crippen LogP contribution in [0.25, 0.3) is 0 Å². The van der Waals surface area contributed by atoms with Gasteiger partial charge >= 0.3 is 0 Å². The lowest BCUT2D eigenvalue weighted by Crippen LogP contribution is -2.25. The monoisotopic (exact) mass is 337 g/mol. The molecule has 6 nitrogen and oxygen atoms in total. The van der Waals surface area contributed by atoms with Gasteiger partial charge in [-0.05, 0) is 25.0 Å². The molecule has 3 rings (SSSR count). The van der Waals surface area contributed by atoms with E-state index in [4.69, 9.17) is 0 Å². The van der Waals surface area contributed by atoms with Crippen LogP contribution >= 0.6 is 0 Å². The van der Waals surface area contributed by atoms with E-state index in [1.165, 1.54) is 5.56 Å². The number of aromatic nitrogens is 4. The van der Waals surface area contributed by atoms with E-state index in [0.29, 0.717) is 13.0 Å². The topological polar surface area (TPSA) is 64.7 Å². The molecule has 0 saturated heterocycles. The summed E-state index contributed by atoms with van der Waals surface area (Å²) in [5, 5.41) is 7.34. The summed E-state index contributed by atoms with van der Waals surface area (Å²) in [5.41, 5.74) is 5.25. The highest BCUT2D eigenvalue weighted by Crippen LogP contribution is 2.12. The van der Waals surface area contributed by atoms with E-state index in [1.54, 1.807) is 12.5 Å². The van der Waals surface area contributed by atoms with Gasteiger partial charge in [0, 0.05) is 43.8 Å². The molecule has 25 heavy (non-hydrogen) atoms. The van der Waals surface area contributed by atoms with E-state index in [-0.39, 0.29) is 5.91 Å². The van der Waals surface area contributed by atoms with Crippen molar-refractivity contribution < 1.29 is 4.79 Å². The Kier molecular flexibility index (Phi) is 4.97. The second-order valence-electron chi connectivity index (χ2n) is 6.28. The predicted octanol–water partition coefficient (Wildman–Crippen LogP) is 2.14. The zero-order valence-electron chi connectivity index (χ0n) is 14.9. The van der Waals surface area contributed by atoms with E-state index in [2.05, 4.69) is 27.5 Å². The van der Waals surface area contributed by atoms with E-state index in [9.17, 15) is 4.79 Å². The Morgan fingerprint density at radius 2 is 1.88 bits per heavy atom. The van der Waals surface area contributed by atoms with Crippen LogP contribution in [-0.4, -0.2) is 25.2 Å². The Morgan fingerprint density at radius 1 is 1.16 bits per heavy atom. The van der Waals surface area contributed by atoms with Crippen molar-refractivity contribution in [3.8, 4) is 0 Å². The molecule has 0 aliphatic rings. The molecule has 3 aromatic rings. The molecular weight excluding hydrogens is 314 g/mol. The first-order chi connectivity index (χ1) is 12.0. The fourth-order valence-electron chi connectivity index (χ4n) is 2.85. The summed E-state index contributed by atoms with van der Waals surface area (Å²) >= 11 is 0. The average molecular weight is 337 g/mol. The van der Waals surface area contributed by atoms with Crippen molar-refractivity contribution in [3.63, 3.8) is 0 Å². The summed E-state index contributed by atoms with van der Waals surface area (Å²) < 4.78 is 3.84. The number of carbonyl (C=O) groups is 1. The molecule has 0 atom stereocenters. The molecule has 0 fully saturated rings. The molecule has 0 saturated carbocycles. The molecule has 0 radical (unpaired) electrons. The minimum Gasteiger partial charge on any atom is -0.352 e. The van der Waals surface area contributed by atoms with Gasteiger partial charge in [0.05, 0.1) is 18.4 Å². The Bertz CT molecular complexity index is 847. The summed E-state index contributed by atoms with van der Waals surface area (Å²) in [5.74, 6) is 0.0155. The molecule has 0 aliphatic carbocycles. The van der Waals surface area contributed by atoms with Crippen LogP contribution in [0.15, 0.2) is 43.0 Å². The van der Waals surface area contributed by atoms with Gasteiger partial charge in [0.25, 0.3) is 0 Å². The van der Waals surface area contributed by atoms with Crippen molar-refractivity contribution >= 4 is 5.91 Å². The number of rotatable bonds is 6. The summed E-state index contributed by atoms with van der Waals surface area (Å²) in [6.45, 7) is 5.25. The maximum absolute atomic E-state index is 12.2. The van der Waals surface area contributed by atoms with Crippen molar-refractivity contribution in [1.29, 1.82) is 0 Å². The van der Waals surface area contributed by atoms with E-state index < -0.39 is 0 Å². The smallest absolute Gasteiger partial charge is 0.224 e. The molecule has 1 amide bonds.